The van der Waals surface area contributed by atoms with Gasteiger partial charge in [0.1, 0.15) is 5.75 Å². The highest BCUT2D eigenvalue weighted by atomic mass is 19.4. The third-order valence-corrected chi connectivity index (χ3v) is 4.04. The van der Waals surface area contributed by atoms with Crippen LogP contribution in [0.25, 0.3) is 0 Å². The van der Waals surface area contributed by atoms with Gasteiger partial charge in [0.25, 0.3) is 0 Å². The van der Waals surface area contributed by atoms with Gasteiger partial charge in [-0.05, 0) is 23.8 Å². The average Bonchev–Trinajstić information content (AvgIpc) is 2.54. The SMILES string of the molecule is O=C(Cc1cccc(C(F)(F)F)c1)N1CC(COc2cccnc2)C1. The van der Waals surface area contributed by atoms with Crippen molar-refractivity contribution in [2.45, 2.75) is 12.6 Å². The summed E-state index contributed by atoms with van der Waals surface area (Å²) in [5.41, 5.74) is -0.362. The quantitative estimate of drug-likeness (QED) is 0.832. The molecule has 1 aromatic carbocycles. The Bertz CT molecular complexity index is 729. The van der Waals surface area contributed by atoms with Gasteiger partial charge in [-0.15, -0.1) is 0 Å². The third kappa shape index (κ3) is 4.49. The van der Waals surface area contributed by atoms with Gasteiger partial charge in [-0.3, -0.25) is 9.78 Å². The standard InChI is InChI=1S/C18H17F3N2O2/c19-18(20,21)15-4-1-3-13(7-15)8-17(24)23-10-14(11-23)12-25-16-5-2-6-22-9-16/h1-7,9,14H,8,10-12H2. The van der Waals surface area contributed by atoms with Gasteiger partial charge in [0.2, 0.25) is 5.91 Å². The number of aromatic nitrogens is 1. The lowest BCUT2D eigenvalue weighted by Crippen LogP contribution is -2.52. The van der Waals surface area contributed by atoms with Crippen LogP contribution in [-0.4, -0.2) is 35.5 Å². The Labute approximate surface area is 143 Å². The number of likely N-dealkylation sites (tertiary alicyclic amines) is 1. The largest absolute Gasteiger partial charge is 0.492 e. The van der Waals surface area contributed by atoms with Crippen molar-refractivity contribution >= 4 is 5.91 Å². The van der Waals surface area contributed by atoms with Crippen molar-refractivity contribution in [3.05, 3.63) is 59.9 Å². The van der Waals surface area contributed by atoms with E-state index < -0.39 is 11.7 Å². The zero-order valence-corrected chi connectivity index (χ0v) is 13.4. The minimum atomic E-state index is -4.40. The molecule has 132 valence electrons. The lowest BCUT2D eigenvalue weighted by Gasteiger charge is -2.39. The first kappa shape index (κ1) is 17.3. The Morgan fingerprint density at radius 1 is 1.24 bits per heavy atom. The number of halogens is 3. The Morgan fingerprint density at radius 2 is 2.04 bits per heavy atom. The van der Waals surface area contributed by atoms with Gasteiger partial charge in [-0.2, -0.15) is 13.2 Å². The molecule has 1 aliphatic heterocycles. The molecule has 1 aromatic heterocycles. The Hall–Kier alpha value is -2.57. The van der Waals surface area contributed by atoms with E-state index in [-0.39, 0.29) is 18.2 Å². The highest BCUT2D eigenvalue weighted by Crippen LogP contribution is 2.30. The van der Waals surface area contributed by atoms with Gasteiger partial charge >= 0.3 is 6.18 Å². The van der Waals surface area contributed by atoms with Crippen LogP contribution in [0.3, 0.4) is 0 Å². The Kier molecular flexibility index (Phi) is 4.92. The molecule has 2 aromatic rings. The second-order valence-electron chi connectivity index (χ2n) is 6.04. The van der Waals surface area contributed by atoms with Crippen LogP contribution in [0.4, 0.5) is 13.2 Å². The van der Waals surface area contributed by atoms with Crippen LogP contribution in [-0.2, 0) is 17.4 Å². The summed E-state index contributed by atoms with van der Waals surface area (Å²) < 4.78 is 43.7. The summed E-state index contributed by atoms with van der Waals surface area (Å²) in [4.78, 5) is 17.8. The summed E-state index contributed by atoms with van der Waals surface area (Å²) in [5, 5.41) is 0. The molecule has 1 fully saturated rings. The van der Waals surface area contributed by atoms with Crippen molar-refractivity contribution in [3.8, 4) is 5.75 Å². The van der Waals surface area contributed by atoms with Gasteiger partial charge < -0.3 is 9.64 Å². The molecule has 0 unspecified atom stereocenters. The molecule has 1 saturated heterocycles. The predicted octanol–water partition coefficient (Wildman–Crippen LogP) is 3.18. The first-order valence-corrected chi connectivity index (χ1v) is 7.88. The van der Waals surface area contributed by atoms with Crippen molar-refractivity contribution in [3.63, 3.8) is 0 Å². The number of ether oxygens (including phenoxy) is 1. The van der Waals surface area contributed by atoms with Crippen molar-refractivity contribution < 1.29 is 22.7 Å². The molecule has 3 rings (SSSR count). The van der Waals surface area contributed by atoms with E-state index in [1.54, 1.807) is 23.4 Å². The van der Waals surface area contributed by atoms with Crippen molar-refractivity contribution in [1.29, 1.82) is 0 Å². The van der Waals surface area contributed by atoms with Crippen LogP contribution in [0, 0.1) is 5.92 Å². The molecule has 4 nitrogen and oxygen atoms in total. The molecule has 25 heavy (non-hydrogen) atoms. The minimum absolute atomic E-state index is 0.0277. The summed E-state index contributed by atoms with van der Waals surface area (Å²) in [6.45, 7) is 1.59. The number of pyridine rings is 1. The maximum absolute atomic E-state index is 12.7. The second kappa shape index (κ2) is 7.13. The van der Waals surface area contributed by atoms with E-state index in [9.17, 15) is 18.0 Å². The molecule has 0 spiro atoms. The molecule has 0 aliphatic carbocycles. The molecule has 0 N–H and O–H groups in total. The topological polar surface area (TPSA) is 42.4 Å². The molecule has 1 amide bonds. The third-order valence-electron chi connectivity index (χ3n) is 4.04. The fourth-order valence-corrected chi connectivity index (χ4v) is 2.67. The summed E-state index contributed by atoms with van der Waals surface area (Å²) in [7, 11) is 0. The van der Waals surface area contributed by atoms with Crippen LogP contribution in [0.5, 0.6) is 5.75 Å². The van der Waals surface area contributed by atoms with Gasteiger partial charge in [0, 0.05) is 25.2 Å². The van der Waals surface area contributed by atoms with Crippen molar-refractivity contribution in [2.75, 3.05) is 19.7 Å². The van der Waals surface area contributed by atoms with E-state index in [1.807, 2.05) is 6.07 Å². The molecule has 0 radical (unpaired) electrons. The highest BCUT2D eigenvalue weighted by molar-refractivity contribution is 5.79. The fourth-order valence-electron chi connectivity index (χ4n) is 2.67. The van der Waals surface area contributed by atoms with Crippen LogP contribution >= 0.6 is 0 Å². The monoisotopic (exact) mass is 350 g/mol. The molecular formula is C18H17F3N2O2. The van der Waals surface area contributed by atoms with Crippen LogP contribution in [0.2, 0.25) is 0 Å². The van der Waals surface area contributed by atoms with E-state index in [4.69, 9.17) is 4.74 Å². The Balaban J connectivity index is 1.46. The lowest BCUT2D eigenvalue weighted by molar-refractivity contribution is -0.139. The van der Waals surface area contributed by atoms with Crippen LogP contribution in [0.15, 0.2) is 48.8 Å². The smallest absolute Gasteiger partial charge is 0.416 e. The molecule has 7 heteroatoms. The van der Waals surface area contributed by atoms with E-state index in [0.29, 0.717) is 31.0 Å². The number of amides is 1. The maximum atomic E-state index is 12.7. The summed E-state index contributed by atoms with van der Waals surface area (Å²) in [6, 6.07) is 8.48. The number of nitrogens with zero attached hydrogens (tertiary/aromatic N) is 2. The maximum Gasteiger partial charge on any atom is 0.416 e. The molecule has 1 aliphatic rings. The summed E-state index contributed by atoms with van der Waals surface area (Å²) in [5.74, 6) is 0.735. The Morgan fingerprint density at radius 3 is 2.72 bits per heavy atom. The number of rotatable bonds is 5. The van der Waals surface area contributed by atoms with Gasteiger partial charge in [0.15, 0.2) is 0 Å². The second-order valence-corrected chi connectivity index (χ2v) is 6.04. The van der Waals surface area contributed by atoms with Gasteiger partial charge in [-0.25, -0.2) is 0 Å². The van der Waals surface area contributed by atoms with Crippen molar-refractivity contribution in [1.82, 2.24) is 9.88 Å². The van der Waals surface area contributed by atoms with E-state index >= 15 is 0 Å². The predicted molar refractivity (Wildman–Crippen MR) is 85.0 cm³/mol. The number of hydrogen-bond acceptors (Lipinski definition) is 3. The first-order chi connectivity index (χ1) is 11.9. The van der Waals surface area contributed by atoms with Gasteiger partial charge in [-0.1, -0.05) is 18.2 Å². The number of hydrogen-bond donors (Lipinski definition) is 0. The molecule has 0 bridgehead atoms. The summed E-state index contributed by atoms with van der Waals surface area (Å²) >= 11 is 0. The zero-order valence-electron chi connectivity index (χ0n) is 13.4. The van der Waals surface area contributed by atoms with Gasteiger partial charge in [0.05, 0.1) is 24.8 Å². The minimum Gasteiger partial charge on any atom is -0.492 e. The molecule has 2 heterocycles. The highest BCUT2D eigenvalue weighted by Gasteiger charge is 2.32. The fraction of sp³-hybridized carbons (Fsp3) is 0.333. The molecule has 0 atom stereocenters. The molecular weight excluding hydrogens is 333 g/mol. The van der Waals surface area contributed by atoms with E-state index in [0.717, 1.165) is 12.1 Å². The zero-order chi connectivity index (χ0) is 17.9. The normalized spacial score (nSPS) is 14.9. The summed E-state index contributed by atoms with van der Waals surface area (Å²) in [6.07, 6.45) is -1.15. The van der Waals surface area contributed by atoms with E-state index in [2.05, 4.69) is 4.98 Å². The van der Waals surface area contributed by atoms with Crippen LogP contribution in [0.1, 0.15) is 11.1 Å². The van der Waals surface area contributed by atoms with E-state index in [1.165, 1.54) is 12.1 Å². The number of carbonyl (C=O) groups excluding carboxylic acids is 1. The number of benzene rings is 1. The lowest BCUT2D eigenvalue weighted by atomic mass is 9.99. The van der Waals surface area contributed by atoms with Crippen LogP contribution < -0.4 is 4.74 Å². The molecule has 0 saturated carbocycles. The first-order valence-electron chi connectivity index (χ1n) is 7.88. The number of alkyl halides is 3. The average molecular weight is 350 g/mol. The number of carbonyl (C=O) groups is 1. The van der Waals surface area contributed by atoms with Crippen molar-refractivity contribution in [2.24, 2.45) is 5.92 Å².